The Balaban J connectivity index is 1.86. The lowest BCUT2D eigenvalue weighted by Gasteiger charge is -2.35. The predicted octanol–water partition coefficient (Wildman–Crippen LogP) is 4.76. The summed E-state index contributed by atoms with van der Waals surface area (Å²) in [6.07, 6.45) is 4.30. The lowest BCUT2D eigenvalue weighted by molar-refractivity contribution is -0.142. The summed E-state index contributed by atoms with van der Waals surface area (Å²) in [6, 6.07) is 4.62. The zero-order chi connectivity index (χ0) is 21.8. The van der Waals surface area contributed by atoms with Gasteiger partial charge in [0.1, 0.15) is 11.6 Å². The summed E-state index contributed by atoms with van der Waals surface area (Å²) in [6.45, 7) is 3.65. The van der Waals surface area contributed by atoms with Crippen LogP contribution in [0.3, 0.4) is 0 Å². The largest absolute Gasteiger partial charge is 0.452 e. The number of rotatable bonds is 4. The molecule has 0 radical (unpaired) electrons. The highest BCUT2D eigenvalue weighted by Gasteiger charge is 2.37. The second-order valence-electron chi connectivity index (χ2n) is 7.71. The molecule has 2 amide bonds. The summed E-state index contributed by atoms with van der Waals surface area (Å²) in [5, 5.41) is 1.33. The molecule has 1 fully saturated rings. The number of benzene rings is 1. The van der Waals surface area contributed by atoms with Crippen molar-refractivity contribution in [3.05, 3.63) is 40.5 Å². The maximum absolute atomic E-state index is 14.4. The van der Waals surface area contributed by atoms with Gasteiger partial charge in [-0.15, -0.1) is 0 Å². The number of aromatic amines is 1. The fourth-order valence-electron chi connectivity index (χ4n) is 3.88. The maximum atomic E-state index is 14.4. The Morgan fingerprint density at radius 1 is 1.33 bits per heavy atom. The van der Waals surface area contributed by atoms with Crippen LogP contribution in [0, 0.1) is 11.7 Å². The molecule has 30 heavy (non-hydrogen) atoms. The lowest BCUT2D eigenvalue weighted by atomic mass is 9.78. The van der Waals surface area contributed by atoms with Gasteiger partial charge in [0.25, 0.3) is 0 Å². The third kappa shape index (κ3) is 4.83. The zero-order valence-corrected chi connectivity index (χ0v) is 18.8. The first-order valence-corrected chi connectivity index (χ1v) is 10.8. The van der Waals surface area contributed by atoms with Crippen LogP contribution in [-0.4, -0.2) is 40.1 Å². The molecule has 2 aromatic rings. The maximum Gasteiger partial charge on any atom is 0.425 e. The van der Waals surface area contributed by atoms with Crippen LogP contribution in [-0.2, 0) is 9.53 Å². The molecule has 1 aliphatic rings. The topological polar surface area (TPSA) is 87.3 Å². The van der Waals surface area contributed by atoms with Crippen LogP contribution in [0.1, 0.15) is 51.3 Å². The number of hydrogen-bond acceptors (Lipinski definition) is 4. The number of carbonyl (C=O) groups excluding carboxylic acids is 2. The van der Waals surface area contributed by atoms with E-state index in [1.54, 1.807) is 18.3 Å². The van der Waals surface area contributed by atoms with Crippen molar-refractivity contribution >= 4 is 27.9 Å². The van der Waals surface area contributed by atoms with E-state index < -0.39 is 6.09 Å². The molecule has 0 spiro atoms. The van der Waals surface area contributed by atoms with Crippen molar-refractivity contribution in [3.63, 3.8) is 0 Å². The number of methoxy groups -OCH3 is 1. The van der Waals surface area contributed by atoms with Gasteiger partial charge in [0.2, 0.25) is 5.91 Å². The van der Waals surface area contributed by atoms with Crippen molar-refractivity contribution < 1.29 is 18.7 Å². The van der Waals surface area contributed by atoms with Gasteiger partial charge in [-0.2, -0.15) is 0 Å². The fraction of sp³-hybridized carbons (Fsp3) is 0.476. The zero-order valence-electron chi connectivity index (χ0n) is 17.2. The molecule has 7 nitrogen and oxygen atoms in total. The molecule has 2 atom stereocenters. The van der Waals surface area contributed by atoms with E-state index in [0.29, 0.717) is 28.0 Å². The van der Waals surface area contributed by atoms with E-state index in [2.05, 4.69) is 36.1 Å². The minimum atomic E-state index is -0.685. The SMILES string of the molecule is COC(=O)NN(C(=O)[C@H]1CCCC[C@@H]1c1ncc(-c2ccc(Br)cc2F)[nH]1)C(C)C. The first-order chi connectivity index (χ1) is 14.3. The Kier molecular flexibility index (Phi) is 7.12. The van der Waals surface area contributed by atoms with Crippen molar-refractivity contribution in [2.75, 3.05) is 7.11 Å². The van der Waals surface area contributed by atoms with Crippen molar-refractivity contribution in [2.24, 2.45) is 5.92 Å². The summed E-state index contributed by atoms with van der Waals surface area (Å²) < 4.78 is 19.7. The number of carbonyl (C=O) groups is 2. The van der Waals surface area contributed by atoms with Crippen LogP contribution in [0.25, 0.3) is 11.3 Å². The number of hydrogen-bond donors (Lipinski definition) is 2. The Morgan fingerprint density at radius 2 is 2.07 bits per heavy atom. The molecular formula is C21H26BrFN4O3. The van der Waals surface area contributed by atoms with E-state index in [1.807, 2.05) is 13.8 Å². The number of imidazole rings is 1. The highest BCUT2D eigenvalue weighted by atomic mass is 79.9. The lowest BCUT2D eigenvalue weighted by Crippen LogP contribution is -2.53. The molecule has 9 heteroatoms. The van der Waals surface area contributed by atoms with Gasteiger partial charge in [-0.1, -0.05) is 28.8 Å². The smallest absolute Gasteiger partial charge is 0.425 e. The van der Waals surface area contributed by atoms with Gasteiger partial charge in [-0.3, -0.25) is 4.79 Å². The number of nitrogens with zero attached hydrogens (tertiary/aromatic N) is 2. The third-order valence-electron chi connectivity index (χ3n) is 5.40. The first kappa shape index (κ1) is 22.3. The number of ether oxygens (including phenoxy) is 1. The van der Waals surface area contributed by atoms with Crippen LogP contribution in [0.15, 0.2) is 28.9 Å². The Labute approximate surface area is 183 Å². The molecule has 1 aromatic heterocycles. The molecule has 1 heterocycles. The van der Waals surface area contributed by atoms with Gasteiger partial charge in [-0.05, 0) is 44.9 Å². The van der Waals surface area contributed by atoms with Crippen molar-refractivity contribution in [2.45, 2.75) is 51.5 Å². The summed E-state index contributed by atoms with van der Waals surface area (Å²) in [7, 11) is 1.26. The minimum absolute atomic E-state index is 0.140. The molecule has 0 bridgehead atoms. The summed E-state index contributed by atoms with van der Waals surface area (Å²) in [5.41, 5.74) is 3.51. The Hall–Kier alpha value is -2.42. The second kappa shape index (κ2) is 9.59. The summed E-state index contributed by atoms with van der Waals surface area (Å²) in [5.74, 6) is -0.351. The number of amides is 2. The molecule has 1 aliphatic carbocycles. The quantitative estimate of drug-likeness (QED) is 0.617. The number of nitrogens with one attached hydrogen (secondary N) is 2. The minimum Gasteiger partial charge on any atom is -0.452 e. The molecule has 3 rings (SSSR count). The number of H-pyrrole nitrogens is 1. The van der Waals surface area contributed by atoms with Crippen LogP contribution >= 0.6 is 15.9 Å². The van der Waals surface area contributed by atoms with E-state index in [-0.39, 0.29) is 29.6 Å². The highest BCUT2D eigenvalue weighted by Crippen LogP contribution is 2.38. The second-order valence-corrected chi connectivity index (χ2v) is 8.62. The number of hydrazine groups is 1. The summed E-state index contributed by atoms with van der Waals surface area (Å²) in [4.78, 5) is 32.7. The van der Waals surface area contributed by atoms with E-state index in [1.165, 1.54) is 18.2 Å². The molecule has 1 saturated carbocycles. The van der Waals surface area contributed by atoms with Crippen LogP contribution < -0.4 is 5.43 Å². The van der Waals surface area contributed by atoms with Crippen molar-refractivity contribution in [1.82, 2.24) is 20.4 Å². The predicted molar refractivity (Wildman–Crippen MR) is 114 cm³/mol. The average molecular weight is 481 g/mol. The molecule has 0 aliphatic heterocycles. The van der Waals surface area contributed by atoms with Crippen molar-refractivity contribution in [3.8, 4) is 11.3 Å². The molecule has 0 unspecified atom stereocenters. The van der Waals surface area contributed by atoms with Gasteiger partial charge in [0.15, 0.2) is 0 Å². The normalized spacial score (nSPS) is 18.9. The van der Waals surface area contributed by atoms with Gasteiger partial charge in [0.05, 0.1) is 19.0 Å². The molecule has 1 aromatic carbocycles. The van der Waals surface area contributed by atoms with Gasteiger partial charge in [-0.25, -0.2) is 24.6 Å². The van der Waals surface area contributed by atoms with Gasteiger partial charge in [0, 0.05) is 27.9 Å². The van der Waals surface area contributed by atoms with E-state index >= 15 is 0 Å². The molecule has 2 N–H and O–H groups in total. The molecule has 0 saturated heterocycles. The number of aromatic nitrogens is 2. The highest BCUT2D eigenvalue weighted by molar-refractivity contribution is 9.10. The van der Waals surface area contributed by atoms with Crippen LogP contribution in [0.4, 0.5) is 9.18 Å². The first-order valence-electron chi connectivity index (χ1n) is 9.99. The van der Waals surface area contributed by atoms with Gasteiger partial charge < -0.3 is 9.72 Å². The molecular weight excluding hydrogens is 455 g/mol. The van der Waals surface area contributed by atoms with Crippen molar-refractivity contribution in [1.29, 1.82) is 0 Å². The third-order valence-corrected chi connectivity index (χ3v) is 5.90. The Morgan fingerprint density at radius 3 is 2.73 bits per heavy atom. The standard InChI is InChI=1S/C21H26BrFN4O3/c1-12(2)27(26-21(29)30-3)20(28)15-7-5-4-6-14(15)19-24-11-18(25-19)16-9-8-13(22)10-17(16)23/h8-12,14-15H,4-7H2,1-3H3,(H,24,25)(H,26,29)/t14-,15-/m0/s1. The van der Waals surface area contributed by atoms with E-state index in [9.17, 15) is 14.0 Å². The van der Waals surface area contributed by atoms with E-state index in [4.69, 9.17) is 0 Å². The molecule has 162 valence electrons. The van der Waals surface area contributed by atoms with Gasteiger partial charge >= 0.3 is 6.09 Å². The average Bonchev–Trinajstić information content (AvgIpc) is 3.20. The monoisotopic (exact) mass is 480 g/mol. The van der Waals surface area contributed by atoms with Crippen LogP contribution in [0.2, 0.25) is 0 Å². The summed E-state index contributed by atoms with van der Waals surface area (Å²) >= 11 is 3.26. The van der Waals surface area contributed by atoms with Crippen LogP contribution in [0.5, 0.6) is 0 Å². The van der Waals surface area contributed by atoms with E-state index in [0.717, 1.165) is 19.3 Å². The number of halogens is 2. The fourth-order valence-corrected chi connectivity index (χ4v) is 4.22. The Bertz CT molecular complexity index is 917.